The van der Waals surface area contributed by atoms with Crippen LogP contribution in [0.25, 0.3) is 11.4 Å². The van der Waals surface area contributed by atoms with Gasteiger partial charge in [0.15, 0.2) is 5.82 Å². The zero-order valence-electron chi connectivity index (χ0n) is 7.27. The van der Waals surface area contributed by atoms with Gasteiger partial charge in [-0.1, -0.05) is 6.92 Å². The van der Waals surface area contributed by atoms with Crippen molar-refractivity contribution in [3.8, 4) is 11.4 Å². The normalized spacial score (nSPS) is 10.2. The first-order valence-electron chi connectivity index (χ1n) is 4.13. The van der Waals surface area contributed by atoms with Crippen LogP contribution in [0.5, 0.6) is 0 Å². The summed E-state index contributed by atoms with van der Waals surface area (Å²) in [6.07, 6.45) is 4.45. The highest BCUT2D eigenvalue weighted by Gasteiger charge is 2.03. The summed E-state index contributed by atoms with van der Waals surface area (Å²) in [5.41, 5.74) is 1.03. The van der Waals surface area contributed by atoms with Crippen molar-refractivity contribution in [3.05, 3.63) is 29.5 Å². The third-order valence-corrected chi connectivity index (χ3v) is 2.56. The Bertz CT molecular complexity index is 383. The second-order valence-electron chi connectivity index (χ2n) is 2.60. The minimum Gasteiger partial charge on any atom is -0.265 e. The van der Waals surface area contributed by atoms with Crippen LogP contribution >= 0.6 is 11.5 Å². The Labute approximate surface area is 80.7 Å². The number of rotatable bonds is 2. The lowest BCUT2D eigenvalue weighted by molar-refractivity contribution is 1.09. The van der Waals surface area contributed by atoms with Crippen LogP contribution in [0.2, 0.25) is 0 Å². The first-order valence-corrected chi connectivity index (χ1v) is 4.90. The Hall–Kier alpha value is -1.29. The third-order valence-electron chi connectivity index (χ3n) is 1.71. The van der Waals surface area contributed by atoms with Crippen LogP contribution in [0, 0.1) is 0 Å². The van der Waals surface area contributed by atoms with Crippen molar-refractivity contribution in [2.45, 2.75) is 13.3 Å². The molecule has 0 radical (unpaired) electrons. The summed E-state index contributed by atoms with van der Waals surface area (Å²) in [7, 11) is 0. The minimum atomic E-state index is 0.809. The average molecular weight is 191 g/mol. The SMILES string of the molecule is CCc1nc(-c2ccncc2)ns1. The van der Waals surface area contributed by atoms with Crippen LogP contribution in [-0.2, 0) is 6.42 Å². The number of aryl methyl sites for hydroxylation is 1. The summed E-state index contributed by atoms with van der Waals surface area (Å²) in [5.74, 6) is 0.809. The van der Waals surface area contributed by atoms with E-state index in [0.29, 0.717) is 0 Å². The molecule has 2 rings (SSSR count). The molecule has 0 unspecified atom stereocenters. The third kappa shape index (κ3) is 1.72. The Kier molecular flexibility index (Phi) is 2.31. The van der Waals surface area contributed by atoms with E-state index in [9.17, 15) is 0 Å². The first kappa shape index (κ1) is 8.31. The fraction of sp³-hybridized carbons (Fsp3) is 0.222. The molecule has 0 aliphatic heterocycles. The fourth-order valence-electron chi connectivity index (χ4n) is 1.02. The number of nitrogens with zero attached hydrogens (tertiary/aromatic N) is 3. The molecule has 66 valence electrons. The van der Waals surface area contributed by atoms with Gasteiger partial charge >= 0.3 is 0 Å². The predicted octanol–water partition coefficient (Wildman–Crippen LogP) is 2.16. The molecule has 0 bridgehead atoms. The summed E-state index contributed by atoms with van der Waals surface area (Å²) in [6.45, 7) is 2.08. The molecule has 2 aromatic rings. The molecule has 3 nitrogen and oxygen atoms in total. The fourth-order valence-corrected chi connectivity index (χ4v) is 1.61. The van der Waals surface area contributed by atoms with Gasteiger partial charge in [-0.05, 0) is 30.1 Å². The summed E-state index contributed by atoms with van der Waals surface area (Å²) >= 11 is 1.46. The number of hydrogen-bond donors (Lipinski definition) is 0. The molecule has 0 spiro atoms. The molecular formula is C9H9N3S. The molecule has 0 saturated carbocycles. The van der Waals surface area contributed by atoms with Gasteiger partial charge in [0, 0.05) is 18.0 Å². The summed E-state index contributed by atoms with van der Waals surface area (Å²) < 4.78 is 4.26. The van der Waals surface area contributed by atoms with E-state index < -0.39 is 0 Å². The van der Waals surface area contributed by atoms with Gasteiger partial charge in [-0.3, -0.25) is 4.98 Å². The van der Waals surface area contributed by atoms with E-state index in [1.807, 2.05) is 12.1 Å². The maximum absolute atomic E-state index is 4.38. The van der Waals surface area contributed by atoms with Crippen LogP contribution in [0.4, 0.5) is 0 Å². The highest BCUT2D eigenvalue weighted by atomic mass is 32.1. The van der Waals surface area contributed by atoms with Crippen LogP contribution < -0.4 is 0 Å². The predicted molar refractivity (Wildman–Crippen MR) is 52.5 cm³/mol. The van der Waals surface area contributed by atoms with Crippen molar-refractivity contribution in [1.29, 1.82) is 0 Å². The molecule has 0 aromatic carbocycles. The molecule has 0 saturated heterocycles. The van der Waals surface area contributed by atoms with Gasteiger partial charge in [-0.15, -0.1) is 0 Å². The monoisotopic (exact) mass is 191 g/mol. The topological polar surface area (TPSA) is 38.7 Å². The summed E-state index contributed by atoms with van der Waals surface area (Å²) in [5, 5.41) is 1.08. The minimum absolute atomic E-state index is 0.809. The van der Waals surface area contributed by atoms with Crippen molar-refractivity contribution in [3.63, 3.8) is 0 Å². The van der Waals surface area contributed by atoms with Crippen molar-refractivity contribution in [2.24, 2.45) is 0 Å². The Morgan fingerprint density at radius 3 is 2.69 bits per heavy atom. The lowest BCUT2D eigenvalue weighted by atomic mass is 10.2. The molecule has 0 amide bonds. The average Bonchev–Trinajstić information content (AvgIpc) is 2.67. The first-order chi connectivity index (χ1) is 6.40. The van der Waals surface area contributed by atoms with E-state index in [-0.39, 0.29) is 0 Å². The lowest BCUT2D eigenvalue weighted by Gasteiger charge is -1.91. The van der Waals surface area contributed by atoms with E-state index in [4.69, 9.17) is 0 Å². The van der Waals surface area contributed by atoms with Crippen LogP contribution in [0.3, 0.4) is 0 Å². The highest BCUT2D eigenvalue weighted by Crippen LogP contribution is 2.16. The molecule has 4 heteroatoms. The largest absolute Gasteiger partial charge is 0.265 e. The Morgan fingerprint density at radius 1 is 1.31 bits per heavy atom. The molecular weight excluding hydrogens is 182 g/mol. The van der Waals surface area contributed by atoms with Crippen molar-refractivity contribution in [2.75, 3.05) is 0 Å². The van der Waals surface area contributed by atoms with Gasteiger partial charge in [-0.25, -0.2) is 4.98 Å². The van der Waals surface area contributed by atoms with Gasteiger partial charge in [0.05, 0.1) is 0 Å². The Morgan fingerprint density at radius 2 is 2.08 bits per heavy atom. The zero-order valence-corrected chi connectivity index (χ0v) is 8.08. The van der Waals surface area contributed by atoms with Gasteiger partial charge in [0.1, 0.15) is 5.01 Å². The highest BCUT2D eigenvalue weighted by molar-refractivity contribution is 7.05. The molecule has 0 aliphatic rings. The molecule has 0 atom stereocenters. The van der Waals surface area contributed by atoms with Gasteiger partial charge in [0.2, 0.25) is 0 Å². The number of pyridine rings is 1. The van der Waals surface area contributed by atoms with Crippen LogP contribution in [0.15, 0.2) is 24.5 Å². The van der Waals surface area contributed by atoms with E-state index in [2.05, 4.69) is 21.3 Å². The maximum Gasteiger partial charge on any atom is 0.173 e. The van der Waals surface area contributed by atoms with E-state index in [0.717, 1.165) is 22.8 Å². The number of hydrogen-bond acceptors (Lipinski definition) is 4. The van der Waals surface area contributed by atoms with E-state index in [1.165, 1.54) is 11.5 Å². The second-order valence-corrected chi connectivity index (χ2v) is 3.44. The van der Waals surface area contributed by atoms with Crippen LogP contribution in [0.1, 0.15) is 11.9 Å². The van der Waals surface area contributed by atoms with Gasteiger partial charge in [0.25, 0.3) is 0 Å². The van der Waals surface area contributed by atoms with Gasteiger partial charge in [-0.2, -0.15) is 4.37 Å². The summed E-state index contributed by atoms with van der Waals surface area (Å²) in [4.78, 5) is 8.32. The standard InChI is InChI=1S/C9H9N3S/c1-2-8-11-9(12-13-8)7-3-5-10-6-4-7/h3-6H,2H2,1H3. The molecule has 0 aliphatic carbocycles. The van der Waals surface area contributed by atoms with E-state index >= 15 is 0 Å². The maximum atomic E-state index is 4.38. The quantitative estimate of drug-likeness (QED) is 0.730. The van der Waals surface area contributed by atoms with Crippen molar-refractivity contribution < 1.29 is 0 Å². The van der Waals surface area contributed by atoms with Gasteiger partial charge < -0.3 is 0 Å². The smallest absolute Gasteiger partial charge is 0.173 e. The lowest BCUT2D eigenvalue weighted by Crippen LogP contribution is -1.81. The zero-order chi connectivity index (χ0) is 9.10. The second kappa shape index (κ2) is 3.62. The van der Waals surface area contributed by atoms with Crippen LogP contribution in [-0.4, -0.2) is 14.3 Å². The number of aromatic nitrogens is 3. The Balaban J connectivity index is 2.36. The van der Waals surface area contributed by atoms with E-state index in [1.54, 1.807) is 12.4 Å². The van der Waals surface area contributed by atoms with Crippen molar-refractivity contribution in [1.82, 2.24) is 14.3 Å². The molecule has 0 N–H and O–H groups in total. The molecule has 2 aromatic heterocycles. The summed E-state index contributed by atoms with van der Waals surface area (Å²) in [6, 6.07) is 3.84. The molecule has 2 heterocycles. The van der Waals surface area contributed by atoms with Crippen molar-refractivity contribution >= 4 is 11.5 Å². The molecule has 13 heavy (non-hydrogen) atoms. The molecule has 0 fully saturated rings.